The van der Waals surface area contributed by atoms with Crippen LogP contribution in [0.4, 0.5) is 0 Å². The molecule has 0 atom stereocenters. The zero-order valence-electron chi connectivity index (χ0n) is 11.8. The van der Waals surface area contributed by atoms with Gasteiger partial charge in [0.15, 0.2) is 0 Å². The maximum Gasteiger partial charge on any atom is 0.272 e. The number of fused-ring (bicyclic) bond motifs is 1. The van der Waals surface area contributed by atoms with E-state index in [0.29, 0.717) is 5.69 Å². The minimum absolute atomic E-state index is 0.0409. The molecule has 1 heterocycles. The van der Waals surface area contributed by atoms with Gasteiger partial charge in [-0.05, 0) is 37.1 Å². The highest BCUT2D eigenvalue weighted by molar-refractivity contribution is 5.81. The predicted octanol–water partition coefficient (Wildman–Crippen LogP) is 3.22. The summed E-state index contributed by atoms with van der Waals surface area (Å²) in [6.45, 7) is 3.83. The third-order valence-electron chi connectivity index (χ3n) is 3.59. The highest BCUT2D eigenvalue weighted by atomic mass is 16.1. The molecule has 20 heavy (non-hydrogen) atoms. The fourth-order valence-electron chi connectivity index (χ4n) is 2.48. The summed E-state index contributed by atoms with van der Waals surface area (Å²) in [5.41, 5.74) is 5.71. The molecule has 0 amide bonds. The van der Waals surface area contributed by atoms with Crippen molar-refractivity contribution >= 4 is 11.0 Å². The molecule has 0 unspecified atom stereocenters. The number of nitrogens with zero attached hydrogens (tertiary/aromatic N) is 2. The molecule has 0 bridgehead atoms. The minimum Gasteiger partial charge on any atom is -0.308 e. The topological polar surface area (TPSA) is 34.9 Å². The van der Waals surface area contributed by atoms with Crippen LogP contribution in [-0.2, 0) is 7.05 Å². The lowest BCUT2D eigenvalue weighted by molar-refractivity contribution is 0.872. The number of benzene rings is 2. The Bertz CT molecular complexity index is 862. The molecule has 0 aliphatic carbocycles. The molecule has 3 nitrogen and oxygen atoms in total. The molecule has 2 aromatic carbocycles. The van der Waals surface area contributed by atoms with Crippen LogP contribution < -0.4 is 5.56 Å². The molecule has 0 saturated heterocycles. The van der Waals surface area contributed by atoms with Gasteiger partial charge in [-0.2, -0.15) is 0 Å². The Hall–Kier alpha value is -2.42. The van der Waals surface area contributed by atoms with Gasteiger partial charge >= 0.3 is 0 Å². The zero-order valence-corrected chi connectivity index (χ0v) is 11.8. The van der Waals surface area contributed by atoms with Crippen LogP contribution in [0.3, 0.4) is 0 Å². The van der Waals surface area contributed by atoms with Crippen molar-refractivity contribution in [3.8, 4) is 11.1 Å². The van der Waals surface area contributed by atoms with Crippen LogP contribution in [-0.4, -0.2) is 9.55 Å². The molecule has 100 valence electrons. The second-order valence-corrected chi connectivity index (χ2v) is 5.13. The summed E-state index contributed by atoms with van der Waals surface area (Å²) >= 11 is 0. The average molecular weight is 264 g/mol. The minimum atomic E-state index is -0.0409. The Balaban J connectivity index is 2.26. The maximum absolute atomic E-state index is 11.9. The molecular weight excluding hydrogens is 248 g/mol. The largest absolute Gasteiger partial charge is 0.308 e. The van der Waals surface area contributed by atoms with Gasteiger partial charge in [-0.1, -0.05) is 35.9 Å². The first-order valence-corrected chi connectivity index (χ1v) is 6.61. The molecule has 0 N–H and O–H groups in total. The van der Waals surface area contributed by atoms with E-state index in [4.69, 9.17) is 0 Å². The molecule has 3 aromatic rings. The molecule has 0 saturated carbocycles. The van der Waals surface area contributed by atoms with Crippen molar-refractivity contribution in [2.75, 3.05) is 0 Å². The third-order valence-corrected chi connectivity index (χ3v) is 3.59. The first kappa shape index (κ1) is 12.6. The second kappa shape index (κ2) is 4.60. The van der Waals surface area contributed by atoms with Gasteiger partial charge in [0, 0.05) is 7.05 Å². The van der Waals surface area contributed by atoms with Crippen LogP contribution in [0.25, 0.3) is 22.2 Å². The first-order valence-electron chi connectivity index (χ1n) is 6.61. The Labute approximate surface area is 117 Å². The van der Waals surface area contributed by atoms with Gasteiger partial charge in [-0.15, -0.1) is 0 Å². The van der Waals surface area contributed by atoms with E-state index in [9.17, 15) is 4.79 Å². The zero-order chi connectivity index (χ0) is 14.3. The van der Waals surface area contributed by atoms with Gasteiger partial charge in [0.1, 0.15) is 5.69 Å². The standard InChI is InChI=1S/C17H16N2O/c1-11-5-4-6-13(9-11)14-7-8-16-15(10-14)18-12(2)17(20)19(16)3/h4-10H,1-3H3. The monoisotopic (exact) mass is 264 g/mol. The van der Waals surface area contributed by atoms with E-state index >= 15 is 0 Å². The lowest BCUT2D eigenvalue weighted by Gasteiger charge is -2.08. The Morgan fingerprint density at radius 3 is 2.50 bits per heavy atom. The fraction of sp³-hybridized carbons (Fsp3) is 0.176. The number of aromatic nitrogens is 2. The first-order chi connectivity index (χ1) is 9.56. The SMILES string of the molecule is Cc1cccc(-c2ccc3c(c2)nc(C)c(=O)n3C)c1. The molecule has 0 aliphatic rings. The summed E-state index contributed by atoms with van der Waals surface area (Å²) in [7, 11) is 1.78. The highest BCUT2D eigenvalue weighted by Crippen LogP contribution is 2.23. The van der Waals surface area contributed by atoms with Crippen molar-refractivity contribution in [3.05, 3.63) is 64.1 Å². The molecule has 0 radical (unpaired) electrons. The number of hydrogen-bond acceptors (Lipinski definition) is 2. The van der Waals surface area contributed by atoms with Gasteiger partial charge in [-0.3, -0.25) is 4.79 Å². The van der Waals surface area contributed by atoms with Crippen LogP contribution in [0, 0.1) is 13.8 Å². The van der Waals surface area contributed by atoms with Crippen molar-refractivity contribution in [1.29, 1.82) is 0 Å². The van der Waals surface area contributed by atoms with Gasteiger partial charge in [0.05, 0.1) is 11.0 Å². The average Bonchev–Trinajstić information content (AvgIpc) is 2.44. The molecule has 0 spiro atoms. The van der Waals surface area contributed by atoms with E-state index in [2.05, 4.69) is 30.1 Å². The van der Waals surface area contributed by atoms with E-state index in [-0.39, 0.29) is 5.56 Å². The molecule has 3 rings (SSSR count). The lowest BCUT2D eigenvalue weighted by atomic mass is 10.0. The quantitative estimate of drug-likeness (QED) is 0.676. The van der Waals surface area contributed by atoms with Crippen LogP contribution in [0.1, 0.15) is 11.3 Å². The van der Waals surface area contributed by atoms with Gasteiger partial charge in [-0.25, -0.2) is 4.98 Å². The lowest BCUT2D eigenvalue weighted by Crippen LogP contribution is -2.20. The van der Waals surface area contributed by atoms with Crippen molar-refractivity contribution < 1.29 is 0 Å². The van der Waals surface area contributed by atoms with E-state index in [1.807, 2.05) is 24.3 Å². The molecule has 1 aromatic heterocycles. The molecule has 0 aliphatic heterocycles. The van der Waals surface area contributed by atoms with Crippen molar-refractivity contribution in [2.45, 2.75) is 13.8 Å². The van der Waals surface area contributed by atoms with Gasteiger partial charge in [0.2, 0.25) is 0 Å². The molecular formula is C17H16N2O. The van der Waals surface area contributed by atoms with E-state index in [1.165, 1.54) is 11.1 Å². The van der Waals surface area contributed by atoms with Crippen LogP contribution in [0.2, 0.25) is 0 Å². The summed E-state index contributed by atoms with van der Waals surface area (Å²) in [5.74, 6) is 0. The smallest absolute Gasteiger partial charge is 0.272 e. The van der Waals surface area contributed by atoms with Crippen LogP contribution in [0.15, 0.2) is 47.3 Å². The Morgan fingerprint density at radius 2 is 1.75 bits per heavy atom. The number of hydrogen-bond donors (Lipinski definition) is 0. The van der Waals surface area contributed by atoms with Crippen molar-refractivity contribution in [1.82, 2.24) is 9.55 Å². The fourth-order valence-corrected chi connectivity index (χ4v) is 2.48. The predicted molar refractivity (Wildman–Crippen MR) is 81.9 cm³/mol. The Morgan fingerprint density at radius 1 is 1.00 bits per heavy atom. The van der Waals surface area contributed by atoms with E-state index in [1.54, 1.807) is 18.5 Å². The maximum atomic E-state index is 11.9. The summed E-state index contributed by atoms with van der Waals surface area (Å²) in [6, 6.07) is 14.4. The summed E-state index contributed by atoms with van der Waals surface area (Å²) in [5, 5.41) is 0. The third kappa shape index (κ3) is 2.01. The Kier molecular flexibility index (Phi) is 2.90. The van der Waals surface area contributed by atoms with Crippen molar-refractivity contribution in [2.24, 2.45) is 7.05 Å². The normalized spacial score (nSPS) is 10.9. The van der Waals surface area contributed by atoms with E-state index < -0.39 is 0 Å². The van der Waals surface area contributed by atoms with Crippen LogP contribution >= 0.6 is 0 Å². The highest BCUT2D eigenvalue weighted by Gasteiger charge is 2.06. The second-order valence-electron chi connectivity index (χ2n) is 5.13. The summed E-state index contributed by atoms with van der Waals surface area (Å²) < 4.78 is 1.65. The van der Waals surface area contributed by atoms with Gasteiger partial charge < -0.3 is 4.57 Å². The molecule has 0 fully saturated rings. The number of rotatable bonds is 1. The molecule has 3 heteroatoms. The van der Waals surface area contributed by atoms with Gasteiger partial charge in [0.25, 0.3) is 5.56 Å². The number of aryl methyl sites for hydroxylation is 3. The summed E-state index contributed by atoms with van der Waals surface area (Å²) in [4.78, 5) is 16.3. The van der Waals surface area contributed by atoms with Crippen LogP contribution in [0.5, 0.6) is 0 Å². The summed E-state index contributed by atoms with van der Waals surface area (Å²) in [6.07, 6.45) is 0. The van der Waals surface area contributed by atoms with Crippen molar-refractivity contribution in [3.63, 3.8) is 0 Å². The van der Waals surface area contributed by atoms with E-state index in [0.717, 1.165) is 16.6 Å².